The van der Waals surface area contributed by atoms with Gasteiger partial charge in [-0.3, -0.25) is 9.80 Å². The van der Waals surface area contributed by atoms with Gasteiger partial charge in [0.2, 0.25) is 0 Å². The van der Waals surface area contributed by atoms with Crippen molar-refractivity contribution in [1.82, 2.24) is 9.80 Å². The molecule has 0 radical (unpaired) electrons. The van der Waals surface area contributed by atoms with Gasteiger partial charge in [-0.25, -0.2) is 19.2 Å². The van der Waals surface area contributed by atoms with Gasteiger partial charge in [0.1, 0.15) is 33.1 Å². The van der Waals surface area contributed by atoms with Crippen LogP contribution in [0.4, 0.5) is 9.59 Å². The largest absolute Gasteiger partial charge is 0.462 e. The van der Waals surface area contributed by atoms with Crippen LogP contribution in [0.2, 0.25) is 0 Å². The molecule has 12 nitrogen and oxygen atoms in total. The van der Waals surface area contributed by atoms with E-state index in [1.54, 1.807) is 13.8 Å². The predicted octanol–water partition coefficient (Wildman–Crippen LogP) is 2.10. The molecule has 12 heteroatoms. The van der Waals surface area contributed by atoms with Gasteiger partial charge < -0.3 is 29.2 Å². The SMILES string of the molecule is C=C(C)C(=O)OCC(CC)(CO)COC(=O)N(C)CN(C)C(=O)OCC(CC)(CO)COC(=O)C(=C)C. The van der Waals surface area contributed by atoms with Crippen LogP contribution in [0, 0.1) is 10.8 Å². The highest BCUT2D eigenvalue weighted by Gasteiger charge is 2.34. The number of hydrogen-bond donors (Lipinski definition) is 2. The summed E-state index contributed by atoms with van der Waals surface area (Å²) in [5.74, 6) is -1.23. The summed E-state index contributed by atoms with van der Waals surface area (Å²) in [6.45, 7) is 11.8. The second kappa shape index (κ2) is 15.9. The quantitative estimate of drug-likeness (QED) is 0.131. The molecule has 2 atom stereocenters. The average Bonchev–Trinajstić information content (AvgIpc) is 2.88. The monoisotopic (exact) mass is 530 g/mol. The van der Waals surface area contributed by atoms with E-state index < -0.39 is 35.0 Å². The highest BCUT2D eigenvalue weighted by molar-refractivity contribution is 5.87. The van der Waals surface area contributed by atoms with Crippen LogP contribution in [0.25, 0.3) is 0 Å². The van der Waals surface area contributed by atoms with Crippen LogP contribution in [-0.2, 0) is 28.5 Å². The molecule has 2 unspecified atom stereocenters. The Bertz CT molecular complexity index is 752. The minimum atomic E-state index is -0.992. The van der Waals surface area contributed by atoms with Crippen LogP contribution in [0.5, 0.6) is 0 Å². The fraction of sp³-hybridized carbons (Fsp3) is 0.680. The van der Waals surface area contributed by atoms with E-state index in [1.165, 1.54) is 27.9 Å². The van der Waals surface area contributed by atoms with Crippen molar-refractivity contribution in [3.63, 3.8) is 0 Å². The summed E-state index contributed by atoms with van der Waals surface area (Å²) >= 11 is 0. The number of amides is 2. The maximum atomic E-state index is 12.5. The number of carbonyl (C=O) groups is 4. The Labute approximate surface area is 218 Å². The van der Waals surface area contributed by atoms with Gasteiger partial charge in [-0.15, -0.1) is 0 Å². The lowest BCUT2D eigenvalue weighted by molar-refractivity contribution is -0.146. The van der Waals surface area contributed by atoms with E-state index in [2.05, 4.69) is 13.2 Å². The van der Waals surface area contributed by atoms with E-state index in [9.17, 15) is 29.4 Å². The average molecular weight is 531 g/mol. The Kier molecular flexibility index (Phi) is 14.5. The van der Waals surface area contributed by atoms with Crippen LogP contribution < -0.4 is 0 Å². The van der Waals surface area contributed by atoms with Crippen molar-refractivity contribution in [1.29, 1.82) is 0 Å². The first-order valence-electron chi connectivity index (χ1n) is 11.8. The molecule has 0 bridgehead atoms. The van der Waals surface area contributed by atoms with Gasteiger partial charge in [-0.1, -0.05) is 27.0 Å². The molecule has 37 heavy (non-hydrogen) atoms. The van der Waals surface area contributed by atoms with Crippen LogP contribution in [0.3, 0.4) is 0 Å². The Hall–Kier alpha value is -3.12. The number of carbonyl (C=O) groups excluding carboxylic acids is 4. The Morgan fingerprint density at radius 3 is 1.22 bits per heavy atom. The first-order chi connectivity index (χ1) is 17.2. The van der Waals surface area contributed by atoms with E-state index >= 15 is 0 Å². The zero-order valence-corrected chi connectivity index (χ0v) is 22.8. The maximum absolute atomic E-state index is 12.5. The summed E-state index contributed by atoms with van der Waals surface area (Å²) in [6, 6.07) is 0. The summed E-state index contributed by atoms with van der Waals surface area (Å²) in [4.78, 5) is 50.6. The second-order valence-electron chi connectivity index (χ2n) is 9.38. The molecule has 0 aromatic heterocycles. The zero-order valence-electron chi connectivity index (χ0n) is 22.8. The van der Waals surface area contributed by atoms with Gasteiger partial charge >= 0.3 is 24.1 Å². The van der Waals surface area contributed by atoms with Gasteiger partial charge in [0, 0.05) is 25.2 Å². The van der Waals surface area contributed by atoms with E-state index in [0.29, 0.717) is 12.8 Å². The Morgan fingerprint density at radius 2 is 0.973 bits per heavy atom. The van der Waals surface area contributed by atoms with Gasteiger partial charge in [0.25, 0.3) is 0 Å². The smallest absolute Gasteiger partial charge is 0.410 e. The van der Waals surface area contributed by atoms with Crippen molar-refractivity contribution in [2.24, 2.45) is 10.8 Å². The molecule has 0 fully saturated rings. The number of aliphatic hydroxyl groups is 2. The summed E-state index contributed by atoms with van der Waals surface area (Å²) in [7, 11) is 2.81. The lowest BCUT2D eigenvalue weighted by atomic mass is 9.88. The van der Waals surface area contributed by atoms with Crippen molar-refractivity contribution in [3.8, 4) is 0 Å². The van der Waals surface area contributed by atoms with Crippen LogP contribution in [0.1, 0.15) is 40.5 Å². The third kappa shape index (κ3) is 11.2. The summed E-state index contributed by atoms with van der Waals surface area (Å²) in [5.41, 5.74) is -1.57. The van der Waals surface area contributed by atoms with Gasteiger partial charge in [-0.2, -0.15) is 0 Å². The third-order valence-electron chi connectivity index (χ3n) is 5.94. The molecule has 0 aliphatic heterocycles. The number of aliphatic hydroxyl groups excluding tert-OH is 2. The van der Waals surface area contributed by atoms with Crippen molar-refractivity contribution < 1.29 is 48.3 Å². The van der Waals surface area contributed by atoms with E-state index in [-0.39, 0.29) is 57.5 Å². The minimum absolute atomic E-state index is 0.166. The standard InChI is InChI=1S/C25H42N2O10/c1-9-24(11-28,13-34-20(30)18(3)4)15-36-22(32)26(7)17-27(8)23(33)37-16-25(10-2,12-29)14-35-21(31)19(5)6/h28-29H,3,5,9-17H2,1-2,4,6-8H3. The molecule has 0 spiro atoms. The molecular formula is C25H42N2O10. The molecule has 0 aromatic rings. The van der Waals surface area contributed by atoms with Crippen LogP contribution in [0.15, 0.2) is 24.3 Å². The number of nitrogens with zero attached hydrogens (tertiary/aromatic N) is 2. The Balaban J connectivity index is 4.92. The van der Waals surface area contributed by atoms with Crippen molar-refractivity contribution in [2.45, 2.75) is 40.5 Å². The third-order valence-corrected chi connectivity index (χ3v) is 5.94. The fourth-order valence-electron chi connectivity index (χ4n) is 2.67. The molecule has 212 valence electrons. The van der Waals surface area contributed by atoms with E-state index in [4.69, 9.17) is 18.9 Å². The number of esters is 2. The zero-order chi connectivity index (χ0) is 28.8. The molecule has 0 saturated heterocycles. The molecule has 0 aliphatic rings. The van der Waals surface area contributed by atoms with Crippen molar-refractivity contribution in [3.05, 3.63) is 24.3 Å². The molecule has 0 aliphatic carbocycles. The lowest BCUT2D eigenvalue weighted by Gasteiger charge is -2.32. The topological polar surface area (TPSA) is 152 Å². The minimum Gasteiger partial charge on any atom is -0.462 e. The van der Waals surface area contributed by atoms with Gasteiger partial charge in [0.05, 0.1) is 24.0 Å². The van der Waals surface area contributed by atoms with Crippen molar-refractivity contribution in [2.75, 3.05) is 60.4 Å². The highest BCUT2D eigenvalue weighted by Crippen LogP contribution is 2.24. The summed E-state index contributed by atoms with van der Waals surface area (Å²) in [6.07, 6.45) is -0.826. The van der Waals surface area contributed by atoms with Crippen LogP contribution >= 0.6 is 0 Å². The molecule has 0 heterocycles. The number of rotatable bonds is 16. The Morgan fingerprint density at radius 1 is 0.676 bits per heavy atom. The summed E-state index contributed by atoms with van der Waals surface area (Å²) < 4.78 is 20.8. The number of ether oxygens (including phenoxy) is 4. The van der Waals surface area contributed by atoms with E-state index in [0.717, 1.165) is 9.80 Å². The molecule has 0 saturated carbocycles. The molecular weight excluding hydrogens is 488 g/mol. The normalized spacial score (nSPS) is 13.8. The molecule has 2 N–H and O–H groups in total. The van der Waals surface area contributed by atoms with Gasteiger partial charge in [-0.05, 0) is 26.7 Å². The fourth-order valence-corrected chi connectivity index (χ4v) is 2.67. The summed E-state index contributed by atoms with van der Waals surface area (Å²) in [5, 5.41) is 19.6. The van der Waals surface area contributed by atoms with Gasteiger partial charge in [0.15, 0.2) is 0 Å². The molecule has 2 amide bonds. The number of hydrogen-bond acceptors (Lipinski definition) is 10. The van der Waals surface area contributed by atoms with Crippen molar-refractivity contribution >= 4 is 24.1 Å². The first kappa shape index (κ1) is 33.9. The predicted molar refractivity (Wildman–Crippen MR) is 134 cm³/mol. The molecule has 0 rings (SSSR count). The second-order valence-corrected chi connectivity index (χ2v) is 9.38. The van der Waals surface area contributed by atoms with E-state index in [1.807, 2.05) is 0 Å². The lowest BCUT2D eigenvalue weighted by Crippen LogP contribution is -2.44. The maximum Gasteiger partial charge on any atom is 0.410 e. The first-order valence-corrected chi connectivity index (χ1v) is 11.8. The van der Waals surface area contributed by atoms with Crippen LogP contribution in [-0.4, -0.2) is 105 Å². The molecule has 0 aromatic carbocycles. The highest BCUT2D eigenvalue weighted by atomic mass is 16.6.